The minimum atomic E-state index is 0.501. The Bertz CT molecular complexity index is 333. The number of nitrogens with one attached hydrogen (secondary N) is 1. The first-order chi connectivity index (χ1) is 6.70. The van der Waals surface area contributed by atoms with Crippen molar-refractivity contribution in [1.29, 1.82) is 0 Å². The molecule has 0 bridgehead atoms. The molecular formula is C11H17N3. The Morgan fingerprint density at radius 2 is 2.21 bits per heavy atom. The molecule has 1 aromatic carbocycles. The third-order valence-corrected chi connectivity index (χ3v) is 2.65. The highest BCUT2D eigenvalue weighted by atomic mass is 15.2. The van der Waals surface area contributed by atoms with Gasteiger partial charge in [-0.15, -0.1) is 0 Å². The summed E-state index contributed by atoms with van der Waals surface area (Å²) in [4.78, 5) is 2.35. The fraction of sp³-hybridized carbons (Fsp3) is 0.455. The van der Waals surface area contributed by atoms with Gasteiger partial charge in [0.15, 0.2) is 0 Å². The summed E-state index contributed by atoms with van der Waals surface area (Å²) in [6.45, 7) is 6.41. The highest BCUT2D eigenvalue weighted by Gasteiger charge is 2.20. The zero-order chi connectivity index (χ0) is 10.1. The molecule has 1 aliphatic heterocycles. The van der Waals surface area contributed by atoms with Crippen molar-refractivity contribution in [2.45, 2.75) is 19.9 Å². The van der Waals surface area contributed by atoms with Crippen molar-refractivity contribution in [2.75, 3.05) is 29.0 Å². The maximum absolute atomic E-state index is 5.99. The molecule has 0 saturated carbocycles. The molecule has 0 fully saturated rings. The van der Waals surface area contributed by atoms with E-state index >= 15 is 0 Å². The van der Waals surface area contributed by atoms with Crippen molar-refractivity contribution >= 4 is 17.1 Å². The standard InChI is InChI=1S/C11H17N3/c1-8(2)14-7-6-13-10-5-3-4-9(12)11(10)14/h3-5,8,13H,6-7,12H2,1-2H3. The van der Waals surface area contributed by atoms with Crippen molar-refractivity contribution < 1.29 is 0 Å². The van der Waals surface area contributed by atoms with Crippen LogP contribution in [-0.2, 0) is 0 Å². The fourth-order valence-electron chi connectivity index (χ4n) is 1.96. The average Bonchev–Trinajstić information content (AvgIpc) is 2.17. The second-order valence-electron chi connectivity index (χ2n) is 3.96. The minimum Gasteiger partial charge on any atom is -0.397 e. The van der Waals surface area contributed by atoms with Gasteiger partial charge in [0.25, 0.3) is 0 Å². The molecule has 0 spiro atoms. The van der Waals surface area contributed by atoms with Gasteiger partial charge in [0.2, 0.25) is 0 Å². The van der Waals surface area contributed by atoms with Crippen LogP contribution in [0.15, 0.2) is 18.2 Å². The Morgan fingerprint density at radius 1 is 1.43 bits per heavy atom. The monoisotopic (exact) mass is 191 g/mol. The summed E-state index contributed by atoms with van der Waals surface area (Å²) in [5.41, 5.74) is 9.17. The quantitative estimate of drug-likeness (QED) is 0.666. The van der Waals surface area contributed by atoms with Gasteiger partial charge in [0.1, 0.15) is 0 Å². The molecule has 76 valence electrons. The van der Waals surface area contributed by atoms with Crippen LogP contribution in [0, 0.1) is 0 Å². The summed E-state index contributed by atoms with van der Waals surface area (Å²) in [7, 11) is 0. The number of nitrogen functional groups attached to an aromatic ring is 1. The molecule has 3 N–H and O–H groups in total. The van der Waals surface area contributed by atoms with Crippen molar-refractivity contribution in [3.8, 4) is 0 Å². The molecule has 0 radical (unpaired) electrons. The topological polar surface area (TPSA) is 41.3 Å². The predicted octanol–water partition coefficient (Wildman–Crippen LogP) is 1.91. The molecule has 1 heterocycles. The van der Waals surface area contributed by atoms with Crippen LogP contribution >= 0.6 is 0 Å². The number of nitrogens with zero attached hydrogens (tertiary/aromatic N) is 1. The van der Waals surface area contributed by atoms with Gasteiger partial charge in [-0.1, -0.05) is 6.07 Å². The number of hydrogen-bond acceptors (Lipinski definition) is 3. The number of fused-ring (bicyclic) bond motifs is 1. The number of anilines is 3. The van der Waals surface area contributed by atoms with E-state index in [-0.39, 0.29) is 0 Å². The van der Waals surface area contributed by atoms with Crippen LogP contribution in [0.2, 0.25) is 0 Å². The lowest BCUT2D eigenvalue weighted by Gasteiger charge is -2.36. The lowest BCUT2D eigenvalue weighted by atomic mass is 10.1. The number of benzene rings is 1. The lowest BCUT2D eigenvalue weighted by Crippen LogP contribution is -2.39. The van der Waals surface area contributed by atoms with Crippen LogP contribution in [0.4, 0.5) is 17.1 Å². The second kappa shape index (κ2) is 3.40. The van der Waals surface area contributed by atoms with Gasteiger partial charge in [-0.3, -0.25) is 0 Å². The second-order valence-corrected chi connectivity index (χ2v) is 3.96. The van der Waals surface area contributed by atoms with Gasteiger partial charge in [-0.05, 0) is 26.0 Å². The molecule has 0 saturated heterocycles. The Kier molecular flexibility index (Phi) is 2.23. The molecule has 3 nitrogen and oxygen atoms in total. The van der Waals surface area contributed by atoms with E-state index in [0.717, 1.165) is 30.2 Å². The number of para-hydroxylation sites is 1. The summed E-state index contributed by atoms with van der Waals surface area (Å²) in [5.74, 6) is 0. The molecule has 1 aliphatic rings. The van der Waals surface area contributed by atoms with Gasteiger partial charge in [-0.25, -0.2) is 0 Å². The molecule has 0 aliphatic carbocycles. The third-order valence-electron chi connectivity index (χ3n) is 2.65. The molecule has 1 aromatic rings. The molecule has 0 amide bonds. The van der Waals surface area contributed by atoms with Crippen LogP contribution in [-0.4, -0.2) is 19.1 Å². The molecular weight excluding hydrogens is 174 g/mol. The molecule has 3 heteroatoms. The van der Waals surface area contributed by atoms with E-state index in [1.807, 2.05) is 12.1 Å². The van der Waals surface area contributed by atoms with Crippen LogP contribution in [0.5, 0.6) is 0 Å². The summed E-state index contributed by atoms with van der Waals surface area (Å²) >= 11 is 0. The SMILES string of the molecule is CC(C)N1CCNc2cccc(N)c21. The predicted molar refractivity (Wildman–Crippen MR) is 61.8 cm³/mol. The zero-order valence-corrected chi connectivity index (χ0v) is 8.75. The van der Waals surface area contributed by atoms with E-state index in [9.17, 15) is 0 Å². The van der Waals surface area contributed by atoms with Gasteiger partial charge in [-0.2, -0.15) is 0 Å². The Balaban J connectivity index is 2.47. The van der Waals surface area contributed by atoms with E-state index in [4.69, 9.17) is 5.73 Å². The Labute approximate surface area is 84.9 Å². The first-order valence-corrected chi connectivity index (χ1v) is 5.09. The van der Waals surface area contributed by atoms with Gasteiger partial charge in [0.05, 0.1) is 17.1 Å². The van der Waals surface area contributed by atoms with E-state index in [0.29, 0.717) is 6.04 Å². The summed E-state index contributed by atoms with van der Waals surface area (Å²) in [6, 6.07) is 6.53. The first-order valence-electron chi connectivity index (χ1n) is 5.09. The van der Waals surface area contributed by atoms with Crippen molar-refractivity contribution in [1.82, 2.24) is 0 Å². The fourth-order valence-corrected chi connectivity index (χ4v) is 1.96. The maximum atomic E-state index is 5.99. The highest BCUT2D eigenvalue weighted by molar-refractivity contribution is 5.83. The van der Waals surface area contributed by atoms with Crippen molar-refractivity contribution in [3.63, 3.8) is 0 Å². The molecule has 0 unspecified atom stereocenters. The van der Waals surface area contributed by atoms with Gasteiger partial charge in [0, 0.05) is 19.1 Å². The van der Waals surface area contributed by atoms with Crippen molar-refractivity contribution in [2.24, 2.45) is 0 Å². The van der Waals surface area contributed by atoms with E-state index in [2.05, 4.69) is 30.1 Å². The Morgan fingerprint density at radius 3 is 2.93 bits per heavy atom. The lowest BCUT2D eigenvalue weighted by molar-refractivity contribution is 0.682. The summed E-state index contributed by atoms with van der Waals surface area (Å²) in [6.07, 6.45) is 0. The largest absolute Gasteiger partial charge is 0.397 e. The normalized spacial score (nSPS) is 15.2. The first kappa shape index (κ1) is 9.19. The van der Waals surface area contributed by atoms with Gasteiger partial charge >= 0.3 is 0 Å². The van der Waals surface area contributed by atoms with E-state index in [1.54, 1.807) is 0 Å². The van der Waals surface area contributed by atoms with Crippen LogP contribution in [0.25, 0.3) is 0 Å². The van der Waals surface area contributed by atoms with Crippen LogP contribution in [0.3, 0.4) is 0 Å². The number of hydrogen-bond donors (Lipinski definition) is 2. The molecule has 2 rings (SSSR count). The summed E-state index contributed by atoms with van der Waals surface area (Å²) in [5, 5.41) is 3.37. The molecule has 0 aromatic heterocycles. The van der Waals surface area contributed by atoms with Crippen molar-refractivity contribution in [3.05, 3.63) is 18.2 Å². The van der Waals surface area contributed by atoms with Crippen LogP contribution < -0.4 is 16.0 Å². The average molecular weight is 191 g/mol. The van der Waals surface area contributed by atoms with E-state index in [1.165, 1.54) is 0 Å². The minimum absolute atomic E-state index is 0.501. The third kappa shape index (κ3) is 1.39. The molecule has 0 atom stereocenters. The molecule has 14 heavy (non-hydrogen) atoms. The maximum Gasteiger partial charge on any atom is 0.0838 e. The highest BCUT2D eigenvalue weighted by Crippen LogP contribution is 2.35. The smallest absolute Gasteiger partial charge is 0.0838 e. The summed E-state index contributed by atoms with van der Waals surface area (Å²) < 4.78 is 0. The Hall–Kier alpha value is -1.38. The number of rotatable bonds is 1. The zero-order valence-electron chi connectivity index (χ0n) is 8.75. The number of nitrogens with two attached hydrogens (primary N) is 1. The van der Waals surface area contributed by atoms with E-state index < -0.39 is 0 Å². The van der Waals surface area contributed by atoms with Gasteiger partial charge < -0.3 is 16.0 Å². The van der Waals surface area contributed by atoms with Crippen LogP contribution in [0.1, 0.15) is 13.8 Å².